The Bertz CT molecular complexity index is 377. The number of hydrogen-bond donors (Lipinski definition) is 2. The van der Waals surface area contributed by atoms with Crippen LogP contribution in [0.2, 0.25) is 0 Å². The average molecular weight is 238 g/mol. The van der Waals surface area contributed by atoms with Crippen molar-refractivity contribution in [2.45, 2.75) is 37.8 Å². The Hall–Kier alpha value is -1.29. The zero-order valence-electron chi connectivity index (χ0n) is 10.1. The summed E-state index contributed by atoms with van der Waals surface area (Å²) in [4.78, 5) is 1.93. The van der Waals surface area contributed by atoms with Crippen molar-refractivity contribution in [2.24, 2.45) is 0 Å². The minimum Gasteiger partial charge on any atom is -0.399 e. The summed E-state index contributed by atoms with van der Waals surface area (Å²) < 4.78 is 13.3. The van der Waals surface area contributed by atoms with Crippen LogP contribution < -0.4 is 10.6 Å². The highest BCUT2D eigenvalue weighted by atomic mass is 19.1. The number of nitrogen functional groups attached to an aromatic ring is 1. The van der Waals surface area contributed by atoms with Crippen LogP contribution in [0.3, 0.4) is 0 Å². The molecule has 1 fully saturated rings. The lowest BCUT2D eigenvalue weighted by Crippen LogP contribution is -2.43. The number of benzene rings is 1. The molecule has 0 radical (unpaired) electrons. The molecule has 3 nitrogen and oxygen atoms in total. The number of likely N-dealkylation sites (N-methyl/N-ethyl adjacent to an activating group) is 1. The fourth-order valence-corrected chi connectivity index (χ4v) is 2.53. The van der Waals surface area contributed by atoms with Gasteiger partial charge in [-0.3, -0.25) is 0 Å². The first-order valence-electron chi connectivity index (χ1n) is 6.05. The van der Waals surface area contributed by atoms with Gasteiger partial charge >= 0.3 is 0 Å². The SMILES string of the molecule is CN(c1cc(N)cc(F)c1)C1CCCCC1O. The molecule has 17 heavy (non-hydrogen) atoms. The van der Waals surface area contributed by atoms with Crippen molar-refractivity contribution < 1.29 is 9.50 Å². The normalized spacial score (nSPS) is 24.6. The Morgan fingerprint density at radius 1 is 1.29 bits per heavy atom. The number of hydrogen-bond acceptors (Lipinski definition) is 3. The van der Waals surface area contributed by atoms with Crippen LogP contribution in [0.5, 0.6) is 0 Å². The van der Waals surface area contributed by atoms with Gasteiger partial charge in [-0.1, -0.05) is 12.8 Å². The van der Waals surface area contributed by atoms with E-state index in [1.807, 2.05) is 11.9 Å². The van der Waals surface area contributed by atoms with Gasteiger partial charge in [0.2, 0.25) is 0 Å². The van der Waals surface area contributed by atoms with Crippen molar-refractivity contribution >= 4 is 11.4 Å². The molecule has 2 atom stereocenters. The van der Waals surface area contributed by atoms with Crippen LogP contribution in [-0.4, -0.2) is 24.3 Å². The summed E-state index contributed by atoms with van der Waals surface area (Å²) in [6.45, 7) is 0. The maximum Gasteiger partial charge on any atom is 0.127 e. The molecule has 1 aromatic carbocycles. The lowest BCUT2D eigenvalue weighted by Gasteiger charge is -2.36. The van der Waals surface area contributed by atoms with Crippen LogP contribution in [0, 0.1) is 5.82 Å². The lowest BCUT2D eigenvalue weighted by molar-refractivity contribution is 0.106. The van der Waals surface area contributed by atoms with Crippen LogP contribution in [0.4, 0.5) is 15.8 Å². The Labute approximate surface area is 101 Å². The smallest absolute Gasteiger partial charge is 0.127 e. The second-order valence-corrected chi connectivity index (χ2v) is 4.77. The molecule has 94 valence electrons. The number of nitrogens with zero attached hydrogens (tertiary/aromatic N) is 1. The predicted molar refractivity (Wildman–Crippen MR) is 67.5 cm³/mol. The van der Waals surface area contributed by atoms with Crippen molar-refractivity contribution in [2.75, 3.05) is 17.7 Å². The minimum absolute atomic E-state index is 0.0601. The molecule has 0 aliphatic heterocycles. The molecule has 0 saturated heterocycles. The summed E-state index contributed by atoms with van der Waals surface area (Å²) in [7, 11) is 1.88. The molecule has 1 aromatic rings. The average Bonchev–Trinajstić information content (AvgIpc) is 2.27. The summed E-state index contributed by atoms with van der Waals surface area (Å²) in [5.41, 5.74) is 6.78. The van der Waals surface area contributed by atoms with Gasteiger partial charge in [-0.25, -0.2) is 4.39 Å². The molecule has 2 rings (SSSR count). The van der Waals surface area contributed by atoms with Gasteiger partial charge in [0, 0.05) is 18.4 Å². The molecular formula is C13H19FN2O. The van der Waals surface area contributed by atoms with E-state index < -0.39 is 0 Å². The van der Waals surface area contributed by atoms with E-state index in [-0.39, 0.29) is 18.0 Å². The Kier molecular flexibility index (Phi) is 3.52. The van der Waals surface area contributed by atoms with Crippen molar-refractivity contribution in [3.63, 3.8) is 0 Å². The van der Waals surface area contributed by atoms with E-state index in [1.165, 1.54) is 12.1 Å². The molecule has 0 spiro atoms. The molecule has 0 amide bonds. The van der Waals surface area contributed by atoms with Gasteiger partial charge in [0.1, 0.15) is 5.82 Å². The van der Waals surface area contributed by atoms with Crippen molar-refractivity contribution in [1.29, 1.82) is 0 Å². The first-order chi connectivity index (χ1) is 8.08. The van der Waals surface area contributed by atoms with Crippen molar-refractivity contribution in [1.82, 2.24) is 0 Å². The molecule has 1 aliphatic rings. The summed E-state index contributed by atoms with van der Waals surface area (Å²) in [6.07, 6.45) is 3.60. The number of anilines is 2. The fourth-order valence-electron chi connectivity index (χ4n) is 2.53. The van der Waals surface area contributed by atoms with E-state index in [4.69, 9.17) is 5.73 Å². The molecule has 0 aromatic heterocycles. The molecule has 0 heterocycles. The first kappa shape index (κ1) is 12.2. The fraction of sp³-hybridized carbons (Fsp3) is 0.538. The lowest BCUT2D eigenvalue weighted by atomic mass is 9.91. The Balaban J connectivity index is 2.20. The first-order valence-corrected chi connectivity index (χ1v) is 6.05. The number of nitrogens with two attached hydrogens (primary N) is 1. The quantitative estimate of drug-likeness (QED) is 0.776. The number of rotatable bonds is 2. The zero-order valence-corrected chi connectivity index (χ0v) is 10.1. The van der Waals surface area contributed by atoms with Crippen molar-refractivity contribution in [3.8, 4) is 0 Å². The van der Waals surface area contributed by atoms with Gasteiger partial charge in [-0.15, -0.1) is 0 Å². The highest BCUT2D eigenvalue weighted by molar-refractivity contribution is 5.56. The number of aliphatic hydroxyl groups is 1. The van der Waals surface area contributed by atoms with Crippen LogP contribution in [-0.2, 0) is 0 Å². The van der Waals surface area contributed by atoms with E-state index in [2.05, 4.69) is 0 Å². The molecule has 0 bridgehead atoms. The largest absolute Gasteiger partial charge is 0.399 e. The summed E-state index contributed by atoms with van der Waals surface area (Å²) >= 11 is 0. The topological polar surface area (TPSA) is 49.5 Å². The van der Waals surface area contributed by atoms with Gasteiger partial charge in [0.25, 0.3) is 0 Å². The molecule has 4 heteroatoms. The van der Waals surface area contributed by atoms with E-state index in [0.717, 1.165) is 31.4 Å². The maximum atomic E-state index is 13.3. The van der Waals surface area contributed by atoms with Gasteiger partial charge in [0.05, 0.1) is 12.1 Å². The van der Waals surface area contributed by atoms with Gasteiger partial charge < -0.3 is 15.7 Å². The van der Waals surface area contributed by atoms with Crippen molar-refractivity contribution in [3.05, 3.63) is 24.0 Å². The third-order valence-corrected chi connectivity index (χ3v) is 3.50. The molecule has 3 N–H and O–H groups in total. The second kappa shape index (κ2) is 4.92. The third-order valence-electron chi connectivity index (χ3n) is 3.50. The van der Waals surface area contributed by atoms with E-state index in [9.17, 15) is 9.50 Å². The van der Waals surface area contributed by atoms with Crippen LogP contribution in [0.25, 0.3) is 0 Å². The Morgan fingerprint density at radius 3 is 2.65 bits per heavy atom. The van der Waals surface area contributed by atoms with Crippen LogP contribution >= 0.6 is 0 Å². The summed E-state index contributed by atoms with van der Waals surface area (Å²) in [6, 6.07) is 4.56. The zero-order chi connectivity index (χ0) is 12.4. The number of halogens is 1. The van der Waals surface area contributed by atoms with Crippen LogP contribution in [0.1, 0.15) is 25.7 Å². The standard InChI is InChI=1S/C13H19FN2O/c1-16(12-4-2-3-5-13(12)17)11-7-9(14)6-10(15)8-11/h6-8,12-13,17H,2-5,15H2,1H3. The molecule has 1 saturated carbocycles. The minimum atomic E-state index is -0.336. The highest BCUT2D eigenvalue weighted by Crippen LogP contribution is 2.28. The predicted octanol–water partition coefficient (Wildman–Crippen LogP) is 2.15. The van der Waals surface area contributed by atoms with Crippen LogP contribution in [0.15, 0.2) is 18.2 Å². The molecular weight excluding hydrogens is 219 g/mol. The third kappa shape index (κ3) is 2.69. The molecule has 1 aliphatic carbocycles. The van der Waals surface area contributed by atoms with Gasteiger partial charge in [-0.05, 0) is 31.0 Å². The van der Waals surface area contributed by atoms with Gasteiger partial charge in [-0.2, -0.15) is 0 Å². The second-order valence-electron chi connectivity index (χ2n) is 4.77. The highest BCUT2D eigenvalue weighted by Gasteiger charge is 2.27. The van der Waals surface area contributed by atoms with Gasteiger partial charge in [0.15, 0.2) is 0 Å². The van der Waals surface area contributed by atoms with E-state index in [0.29, 0.717) is 5.69 Å². The monoisotopic (exact) mass is 238 g/mol. The summed E-state index contributed by atoms with van der Waals surface area (Å²) in [5.74, 6) is -0.336. The summed E-state index contributed by atoms with van der Waals surface area (Å²) in [5, 5.41) is 9.97. The number of aliphatic hydroxyl groups excluding tert-OH is 1. The molecule has 2 unspecified atom stereocenters. The van der Waals surface area contributed by atoms with E-state index in [1.54, 1.807) is 6.07 Å². The Morgan fingerprint density at radius 2 is 2.00 bits per heavy atom. The maximum absolute atomic E-state index is 13.3. The van der Waals surface area contributed by atoms with E-state index >= 15 is 0 Å².